The average Bonchev–Trinajstić information content (AvgIpc) is 2.61. The first-order valence-electron chi connectivity index (χ1n) is 7.73. The molecular formula is C20H19NO2. The van der Waals surface area contributed by atoms with Gasteiger partial charge < -0.3 is 10.4 Å². The Labute approximate surface area is 135 Å². The molecule has 0 heterocycles. The molecule has 0 saturated heterocycles. The van der Waals surface area contributed by atoms with E-state index in [2.05, 4.69) is 17.4 Å². The topological polar surface area (TPSA) is 49.3 Å². The van der Waals surface area contributed by atoms with Gasteiger partial charge in [-0.15, -0.1) is 0 Å². The first-order chi connectivity index (χ1) is 11.3. The Morgan fingerprint density at radius 3 is 2.35 bits per heavy atom. The minimum absolute atomic E-state index is 0.0204. The SMILES string of the molecule is O=C(N[C@@H](CCO)c1ccc2ccccc2c1)c1ccccc1. The summed E-state index contributed by atoms with van der Waals surface area (Å²) < 4.78 is 0. The number of rotatable bonds is 5. The van der Waals surface area contributed by atoms with Crippen molar-refractivity contribution in [2.75, 3.05) is 6.61 Å². The summed E-state index contributed by atoms with van der Waals surface area (Å²) in [5.74, 6) is -0.128. The van der Waals surface area contributed by atoms with Crippen LogP contribution >= 0.6 is 0 Å². The van der Waals surface area contributed by atoms with Gasteiger partial charge in [-0.3, -0.25) is 4.79 Å². The van der Waals surface area contributed by atoms with Gasteiger partial charge in [0.2, 0.25) is 0 Å². The molecule has 0 aliphatic heterocycles. The van der Waals surface area contributed by atoms with Crippen molar-refractivity contribution in [2.24, 2.45) is 0 Å². The molecule has 1 amide bonds. The molecule has 116 valence electrons. The fourth-order valence-electron chi connectivity index (χ4n) is 2.71. The van der Waals surface area contributed by atoms with Crippen molar-refractivity contribution >= 4 is 16.7 Å². The Kier molecular flexibility index (Phi) is 4.69. The lowest BCUT2D eigenvalue weighted by molar-refractivity contribution is 0.0930. The highest BCUT2D eigenvalue weighted by Gasteiger charge is 2.15. The summed E-state index contributed by atoms with van der Waals surface area (Å²) in [5, 5.41) is 14.6. The van der Waals surface area contributed by atoms with Gasteiger partial charge in [-0.05, 0) is 41.0 Å². The van der Waals surface area contributed by atoms with Gasteiger partial charge in [0.15, 0.2) is 0 Å². The van der Waals surface area contributed by atoms with E-state index in [1.165, 1.54) is 0 Å². The van der Waals surface area contributed by atoms with E-state index in [-0.39, 0.29) is 18.6 Å². The van der Waals surface area contributed by atoms with Crippen LogP contribution in [0.5, 0.6) is 0 Å². The maximum Gasteiger partial charge on any atom is 0.251 e. The first-order valence-corrected chi connectivity index (χ1v) is 7.73. The van der Waals surface area contributed by atoms with Gasteiger partial charge in [-0.25, -0.2) is 0 Å². The van der Waals surface area contributed by atoms with Gasteiger partial charge >= 0.3 is 0 Å². The van der Waals surface area contributed by atoms with Crippen molar-refractivity contribution in [3.8, 4) is 0 Å². The Bertz CT molecular complexity index is 799. The van der Waals surface area contributed by atoms with E-state index in [1.807, 2.05) is 48.5 Å². The van der Waals surface area contributed by atoms with Crippen LogP contribution in [-0.4, -0.2) is 17.6 Å². The third-order valence-electron chi connectivity index (χ3n) is 3.93. The highest BCUT2D eigenvalue weighted by atomic mass is 16.3. The number of hydrogen-bond donors (Lipinski definition) is 2. The molecule has 0 aliphatic rings. The average molecular weight is 305 g/mol. The zero-order valence-electron chi connectivity index (χ0n) is 12.8. The summed E-state index contributed by atoms with van der Waals surface area (Å²) in [6, 6.07) is 23.1. The number of fused-ring (bicyclic) bond motifs is 1. The lowest BCUT2D eigenvalue weighted by Gasteiger charge is -2.19. The molecule has 0 bridgehead atoms. The minimum Gasteiger partial charge on any atom is -0.396 e. The summed E-state index contributed by atoms with van der Waals surface area (Å²) in [5.41, 5.74) is 1.62. The van der Waals surface area contributed by atoms with Crippen LogP contribution in [0.15, 0.2) is 72.8 Å². The highest BCUT2D eigenvalue weighted by molar-refractivity contribution is 5.94. The van der Waals surface area contributed by atoms with E-state index in [0.29, 0.717) is 12.0 Å². The Hall–Kier alpha value is -2.65. The molecule has 3 aromatic rings. The van der Waals surface area contributed by atoms with Crippen LogP contribution in [0.4, 0.5) is 0 Å². The highest BCUT2D eigenvalue weighted by Crippen LogP contribution is 2.23. The Balaban J connectivity index is 1.86. The minimum atomic E-state index is -0.211. The standard InChI is InChI=1S/C20H19NO2/c22-13-12-19(21-20(23)16-7-2-1-3-8-16)18-11-10-15-6-4-5-9-17(15)14-18/h1-11,14,19,22H,12-13H2,(H,21,23)/t19-/m0/s1. The molecule has 3 rings (SSSR count). The van der Waals surface area contributed by atoms with Crippen molar-refractivity contribution in [2.45, 2.75) is 12.5 Å². The third kappa shape index (κ3) is 3.58. The number of aliphatic hydroxyl groups excluding tert-OH is 1. The normalized spacial score (nSPS) is 12.0. The molecule has 0 aromatic heterocycles. The predicted molar refractivity (Wildman–Crippen MR) is 92.3 cm³/mol. The molecule has 3 nitrogen and oxygen atoms in total. The van der Waals surface area contributed by atoms with Crippen molar-refractivity contribution in [3.63, 3.8) is 0 Å². The summed E-state index contributed by atoms with van der Waals surface area (Å²) in [6.07, 6.45) is 0.483. The van der Waals surface area contributed by atoms with Gasteiger partial charge in [0.05, 0.1) is 6.04 Å². The smallest absolute Gasteiger partial charge is 0.251 e. The van der Waals surface area contributed by atoms with Crippen molar-refractivity contribution in [1.82, 2.24) is 5.32 Å². The first kappa shape index (κ1) is 15.3. The van der Waals surface area contributed by atoms with E-state index < -0.39 is 0 Å². The molecule has 3 aromatic carbocycles. The zero-order valence-corrected chi connectivity index (χ0v) is 12.8. The van der Waals surface area contributed by atoms with Gasteiger partial charge in [0, 0.05) is 12.2 Å². The lowest BCUT2D eigenvalue weighted by Crippen LogP contribution is -2.29. The maximum absolute atomic E-state index is 12.4. The zero-order chi connectivity index (χ0) is 16.1. The number of aliphatic hydroxyl groups is 1. The molecule has 0 radical (unpaired) electrons. The molecule has 0 spiro atoms. The second-order valence-electron chi connectivity index (χ2n) is 5.51. The second-order valence-corrected chi connectivity index (χ2v) is 5.51. The van der Waals surface area contributed by atoms with Gasteiger partial charge in [0.25, 0.3) is 5.91 Å². The van der Waals surface area contributed by atoms with Crippen molar-refractivity contribution in [3.05, 3.63) is 83.9 Å². The molecule has 2 N–H and O–H groups in total. The van der Waals surface area contributed by atoms with E-state index in [9.17, 15) is 9.90 Å². The fourth-order valence-corrected chi connectivity index (χ4v) is 2.71. The summed E-state index contributed by atoms with van der Waals surface area (Å²) in [4.78, 5) is 12.4. The Morgan fingerprint density at radius 1 is 0.913 bits per heavy atom. The van der Waals surface area contributed by atoms with Crippen molar-refractivity contribution in [1.29, 1.82) is 0 Å². The molecule has 0 aliphatic carbocycles. The van der Waals surface area contributed by atoms with Crippen LogP contribution in [-0.2, 0) is 0 Å². The summed E-state index contributed by atoms with van der Waals surface area (Å²) in [6.45, 7) is 0.0204. The number of hydrogen-bond acceptors (Lipinski definition) is 2. The molecule has 0 saturated carbocycles. The molecule has 1 atom stereocenters. The molecule has 0 unspecified atom stereocenters. The summed E-state index contributed by atoms with van der Waals surface area (Å²) >= 11 is 0. The molecule has 23 heavy (non-hydrogen) atoms. The number of carbonyl (C=O) groups excluding carboxylic acids is 1. The maximum atomic E-state index is 12.4. The number of nitrogens with one attached hydrogen (secondary N) is 1. The van der Waals surface area contributed by atoms with Crippen LogP contribution < -0.4 is 5.32 Å². The van der Waals surface area contributed by atoms with Crippen LogP contribution in [0.25, 0.3) is 10.8 Å². The van der Waals surface area contributed by atoms with E-state index in [1.54, 1.807) is 12.1 Å². The number of carbonyl (C=O) groups is 1. The number of benzene rings is 3. The predicted octanol–water partition coefficient (Wildman–Crippen LogP) is 3.69. The van der Waals surface area contributed by atoms with Crippen LogP contribution in [0.1, 0.15) is 28.4 Å². The Morgan fingerprint density at radius 2 is 1.61 bits per heavy atom. The van der Waals surface area contributed by atoms with Gasteiger partial charge in [0.1, 0.15) is 0 Å². The molecule has 3 heteroatoms. The van der Waals surface area contributed by atoms with Crippen LogP contribution in [0, 0.1) is 0 Å². The van der Waals surface area contributed by atoms with Crippen molar-refractivity contribution < 1.29 is 9.90 Å². The third-order valence-corrected chi connectivity index (χ3v) is 3.93. The number of amides is 1. The van der Waals surface area contributed by atoms with Gasteiger partial charge in [-0.1, -0.05) is 54.6 Å². The van der Waals surface area contributed by atoms with Crippen LogP contribution in [0.3, 0.4) is 0 Å². The fraction of sp³-hybridized carbons (Fsp3) is 0.150. The second kappa shape index (κ2) is 7.07. The molecular weight excluding hydrogens is 286 g/mol. The lowest BCUT2D eigenvalue weighted by atomic mass is 9.99. The van der Waals surface area contributed by atoms with E-state index >= 15 is 0 Å². The monoisotopic (exact) mass is 305 g/mol. The summed E-state index contributed by atoms with van der Waals surface area (Å²) in [7, 11) is 0. The van der Waals surface area contributed by atoms with E-state index in [4.69, 9.17) is 0 Å². The van der Waals surface area contributed by atoms with Gasteiger partial charge in [-0.2, -0.15) is 0 Å². The van der Waals surface area contributed by atoms with Crippen LogP contribution in [0.2, 0.25) is 0 Å². The van der Waals surface area contributed by atoms with E-state index in [0.717, 1.165) is 16.3 Å². The quantitative estimate of drug-likeness (QED) is 0.755. The molecule has 0 fully saturated rings. The largest absolute Gasteiger partial charge is 0.396 e.